The zero-order chi connectivity index (χ0) is 21.6. The SMILES string of the molecule is O=C(/C=C/c1ccc2c(c1)CC[C@@H]2N(CCCO)CCc1c[nH]c2ccccc12)NO. The van der Waals surface area contributed by atoms with Crippen LogP contribution in [0.4, 0.5) is 0 Å². The van der Waals surface area contributed by atoms with Crippen molar-refractivity contribution >= 4 is 22.9 Å². The fourth-order valence-corrected chi connectivity index (χ4v) is 4.61. The van der Waals surface area contributed by atoms with E-state index in [1.807, 2.05) is 12.1 Å². The molecular formula is C25H29N3O3. The van der Waals surface area contributed by atoms with E-state index >= 15 is 0 Å². The van der Waals surface area contributed by atoms with Gasteiger partial charge in [0.2, 0.25) is 0 Å². The molecule has 0 saturated heterocycles. The van der Waals surface area contributed by atoms with E-state index in [4.69, 9.17) is 5.21 Å². The normalized spacial score (nSPS) is 15.8. The third-order valence-corrected chi connectivity index (χ3v) is 6.14. The largest absolute Gasteiger partial charge is 0.396 e. The van der Waals surface area contributed by atoms with Gasteiger partial charge in [0.15, 0.2) is 0 Å². The molecule has 4 N–H and O–H groups in total. The summed E-state index contributed by atoms with van der Waals surface area (Å²) in [6.45, 7) is 1.99. The quantitative estimate of drug-likeness (QED) is 0.242. The predicted octanol–water partition coefficient (Wildman–Crippen LogP) is 3.60. The van der Waals surface area contributed by atoms with Gasteiger partial charge in [-0.3, -0.25) is 14.9 Å². The van der Waals surface area contributed by atoms with Gasteiger partial charge in [0.25, 0.3) is 5.91 Å². The fraction of sp³-hybridized carbons (Fsp3) is 0.320. The summed E-state index contributed by atoms with van der Waals surface area (Å²) >= 11 is 0. The van der Waals surface area contributed by atoms with Gasteiger partial charge >= 0.3 is 0 Å². The molecule has 2 aromatic carbocycles. The molecule has 0 radical (unpaired) electrons. The second-order valence-electron chi connectivity index (χ2n) is 8.04. The summed E-state index contributed by atoms with van der Waals surface area (Å²) in [5, 5.41) is 19.3. The van der Waals surface area contributed by atoms with Gasteiger partial charge in [-0.15, -0.1) is 0 Å². The minimum absolute atomic E-state index is 0.194. The lowest BCUT2D eigenvalue weighted by Gasteiger charge is -2.29. The average Bonchev–Trinajstić information content (AvgIpc) is 3.41. The number of amides is 1. The first-order valence-corrected chi connectivity index (χ1v) is 10.8. The summed E-state index contributed by atoms with van der Waals surface area (Å²) in [4.78, 5) is 17.1. The Hall–Kier alpha value is -2.93. The van der Waals surface area contributed by atoms with Crippen molar-refractivity contribution in [3.63, 3.8) is 0 Å². The molecule has 0 bridgehead atoms. The first-order chi connectivity index (χ1) is 15.2. The van der Waals surface area contributed by atoms with Crippen LogP contribution in [0.5, 0.6) is 0 Å². The maximum absolute atomic E-state index is 11.2. The highest BCUT2D eigenvalue weighted by Crippen LogP contribution is 2.37. The number of benzene rings is 2. The molecule has 0 spiro atoms. The van der Waals surface area contributed by atoms with E-state index < -0.39 is 5.91 Å². The van der Waals surface area contributed by atoms with Gasteiger partial charge in [-0.05, 0) is 60.1 Å². The van der Waals surface area contributed by atoms with E-state index in [0.717, 1.165) is 44.3 Å². The van der Waals surface area contributed by atoms with Gasteiger partial charge in [-0.2, -0.15) is 0 Å². The molecule has 1 aromatic heterocycles. The molecule has 31 heavy (non-hydrogen) atoms. The number of aryl methyl sites for hydroxylation is 1. The number of nitrogens with one attached hydrogen (secondary N) is 2. The molecule has 6 nitrogen and oxygen atoms in total. The zero-order valence-corrected chi connectivity index (χ0v) is 17.6. The lowest BCUT2D eigenvalue weighted by molar-refractivity contribution is -0.124. The smallest absolute Gasteiger partial charge is 0.267 e. The summed E-state index contributed by atoms with van der Waals surface area (Å²) in [5.41, 5.74) is 7.69. The Morgan fingerprint density at radius 2 is 2.10 bits per heavy atom. The Bertz CT molecular complexity index is 1070. The average molecular weight is 420 g/mol. The van der Waals surface area contributed by atoms with Crippen LogP contribution in [0, 0.1) is 0 Å². The number of nitrogens with zero attached hydrogens (tertiary/aromatic N) is 1. The predicted molar refractivity (Wildman–Crippen MR) is 122 cm³/mol. The molecule has 1 amide bonds. The number of aromatic amines is 1. The number of para-hydroxylation sites is 1. The van der Waals surface area contributed by atoms with E-state index in [1.165, 1.54) is 33.7 Å². The van der Waals surface area contributed by atoms with Crippen LogP contribution in [0.15, 0.2) is 54.7 Å². The molecule has 1 atom stereocenters. The van der Waals surface area contributed by atoms with Crippen molar-refractivity contribution in [3.05, 3.63) is 77.0 Å². The van der Waals surface area contributed by atoms with Crippen molar-refractivity contribution in [1.82, 2.24) is 15.4 Å². The van der Waals surface area contributed by atoms with Crippen molar-refractivity contribution in [3.8, 4) is 0 Å². The fourth-order valence-electron chi connectivity index (χ4n) is 4.61. The van der Waals surface area contributed by atoms with E-state index in [0.29, 0.717) is 6.04 Å². The van der Waals surface area contributed by atoms with Gasteiger partial charge in [0.05, 0.1) is 0 Å². The number of hydrogen-bond acceptors (Lipinski definition) is 4. The van der Waals surface area contributed by atoms with E-state index in [1.54, 1.807) is 11.6 Å². The topological polar surface area (TPSA) is 88.6 Å². The van der Waals surface area contributed by atoms with Gasteiger partial charge < -0.3 is 10.1 Å². The molecule has 3 aromatic rings. The van der Waals surface area contributed by atoms with Crippen molar-refractivity contribution in [2.24, 2.45) is 0 Å². The minimum Gasteiger partial charge on any atom is -0.396 e. The maximum atomic E-state index is 11.2. The summed E-state index contributed by atoms with van der Waals surface area (Å²) in [5.74, 6) is -0.536. The number of hydroxylamine groups is 1. The number of aromatic nitrogens is 1. The number of aliphatic hydroxyl groups excluding tert-OH is 1. The number of aliphatic hydroxyl groups is 1. The van der Waals surface area contributed by atoms with Crippen molar-refractivity contribution in [1.29, 1.82) is 0 Å². The standard InChI is InChI=1S/C25H29N3O3/c29-15-3-13-28(14-12-20-17-26-23-5-2-1-4-21(20)23)24-10-8-19-16-18(6-9-22(19)24)7-11-25(30)27-31/h1-2,4-7,9,11,16-17,24,26,29,31H,3,8,10,12-15H2,(H,27,30)/b11-7+/t24-/m0/s1. The van der Waals surface area contributed by atoms with Gasteiger partial charge in [-0.1, -0.05) is 36.4 Å². The second-order valence-corrected chi connectivity index (χ2v) is 8.04. The van der Waals surface area contributed by atoms with Crippen LogP contribution in [-0.2, 0) is 17.6 Å². The highest BCUT2D eigenvalue weighted by molar-refractivity contribution is 5.90. The monoisotopic (exact) mass is 419 g/mol. The number of hydrogen-bond donors (Lipinski definition) is 4. The summed E-state index contributed by atoms with van der Waals surface area (Å²) < 4.78 is 0. The van der Waals surface area contributed by atoms with Crippen molar-refractivity contribution in [2.75, 3.05) is 19.7 Å². The third kappa shape index (κ3) is 4.88. The minimum atomic E-state index is -0.536. The second kappa shape index (κ2) is 9.92. The van der Waals surface area contributed by atoms with Crippen LogP contribution in [0.1, 0.15) is 41.1 Å². The van der Waals surface area contributed by atoms with E-state index in [9.17, 15) is 9.90 Å². The summed E-state index contributed by atoms with van der Waals surface area (Å²) in [6, 6.07) is 15.0. The van der Waals surface area contributed by atoms with Crippen LogP contribution in [0.3, 0.4) is 0 Å². The van der Waals surface area contributed by atoms with Crippen LogP contribution in [-0.4, -0.2) is 45.8 Å². The lowest BCUT2D eigenvalue weighted by atomic mass is 10.0. The Morgan fingerprint density at radius 3 is 2.94 bits per heavy atom. The Morgan fingerprint density at radius 1 is 1.23 bits per heavy atom. The zero-order valence-electron chi connectivity index (χ0n) is 17.6. The van der Waals surface area contributed by atoms with Crippen LogP contribution in [0.25, 0.3) is 17.0 Å². The number of carbonyl (C=O) groups is 1. The number of H-pyrrole nitrogens is 1. The van der Waals surface area contributed by atoms with Gasteiger partial charge in [-0.25, -0.2) is 5.48 Å². The Balaban J connectivity index is 1.50. The first kappa shape index (κ1) is 21.3. The molecule has 0 unspecified atom stereocenters. The van der Waals surface area contributed by atoms with Crippen LogP contribution < -0.4 is 5.48 Å². The molecule has 162 valence electrons. The molecule has 1 heterocycles. The summed E-state index contributed by atoms with van der Waals surface area (Å²) in [7, 11) is 0. The summed E-state index contributed by atoms with van der Waals surface area (Å²) in [6.07, 6.45) is 8.91. The first-order valence-electron chi connectivity index (χ1n) is 10.8. The number of rotatable bonds is 9. The van der Waals surface area contributed by atoms with Crippen molar-refractivity contribution in [2.45, 2.75) is 31.7 Å². The third-order valence-electron chi connectivity index (χ3n) is 6.14. The molecule has 0 fully saturated rings. The molecule has 1 aliphatic rings. The molecule has 1 aliphatic carbocycles. The number of fused-ring (bicyclic) bond motifs is 2. The molecule has 0 aliphatic heterocycles. The molecule has 4 rings (SSSR count). The Kier molecular flexibility index (Phi) is 6.82. The van der Waals surface area contributed by atoms with E-state index in [-0.39, 0.29) is 6.61 Å². The van der Waals surface area contributed by atoms with Crippen molar-refractivity contribution < 1.29 is 15.1 Å². The lowest BCUT2D eigenvalue weighted by Crippen LogP contribution is -2.31. The highest BCUT2D eigenvalue weighted by atomic mass is 16.5. The maximum Gasteiger partial charge on any atom is 0.267 e. The van der Waals surface area contributed by atoms with Gasteiger partial charge in [0, 0.05) is 48.9 Å². The number of carbonyl (C=O) groups excluding carboxylic acids is 1. The van der Waals surface area contributed by atoms with Gasteiger partial charge in [0.1, 0.15) is 0 Å². The molecule has 0 saturated carbocycles. The molecular weight excluding hydrogens is 390 g/mol. The molecule has 6 heteroatoms. The Labute approximate surface area is 182 Å². The highest BCUT2D eigenvalue weighted by Gasteiger charge is 2.27. The van der Waals surface area contributed by atoms with E-state index in [2.05, 4.69) is 46.4 Å². The van der Waals surface area contributed by atoms with Crippen LogP contribution in [0.2, 0.25) is 0 Å². The van der Waals surface area contributed by atoms with Crippen LogP contribution >= 0.6 is 0 Å².